The van der Waals surface area contributed by atoms with E-state index in [4.69, 9.17) is 4.74 Å². The molecule has 88 valence electrons. The molecule has 0 radical (unpaired) electrons. The zero-order chi connectivity index (χ0) is 12.1. The van der Waals surface area contributed by atoms with E-state index in [0.717, 1.165) is 19.4 Å². The highest BCUT2D eigenvalue weighted by Gasteiger charge is 2.39. The molecule has 0 amide bonds. The first-order chi connectivity index (χ1) is 6.77. The molecule has 0 saturated heterocycles. The Hall–Kier alpha value is -0.830. The Bertz CT molecular complexity index is 232. The average molecular weight is 214 g/mol. The lowest BCUT2D eigenvalue weighted by atomic mass is 10.2. The van der Waals surface area contributed by atoms with Gasteiger partial charge in [0.25, 0.3) is 0 Å². The molecule has 15 heavy (non-hydrogen) atoms. The van der Waals surface area contributed by atoms with Crippen LogP contribution in [-0.4, -0.2) is 36.8 Å². The van der Waals surface area contributed by atoms with Crippen LogP contribution < -0.4 is 0 Å². The lowest BCUT2D eigenvalue weighted by Crippen LogP contribution is -2.58. The fraction of sp³-hybridized carbons (Fsp3) is 0.750. The summed E-state index contributed by atoms with van der Waals surface area (Å²) in [4.78, 5) is 11.2. The maximum Gasteiger partial charge on any atom is 0.334 e. The first-order valence-electron chi connectivity index (χ1n) is 5.45. The molecular formula is C12H24NO2+. The van der Waals surface area contributed by atoms with E-state index in [2.05, 4.69) is 27.6 Å². The molecule has 0 fully saturated rings. The van der Waals surface area contributed by atoms with Gasteiger partial charge in [0.1, 0.15) is 0 Å². The number of rotatable bonds is 6. The first kappa shape index (κ1) is 14.2. The molecule has 0 unspecified atom stereocenters. The second kappa shape index (κ2) is 5.31. The highest BCUT2D eigenvalue weighted by molar-refractivity contribution is 5.81. The quantitative estimate of drug-likeness (QED) is 0.293. The second-order valence-corrected chi connectivity index (χ2v) is 4.83. The third-order valence-corrected chi connectivity index (χ3v) is 3.05. The summed E-state index contributed by atoms with van der Waals surface area (Å²) in [5, 5.41) is 0. The summed E-state index contributed by atoms with van der Waals surface area (Å²) in [7, 11) is 4.15. The Morgan fingerprint density at radius 1 is 1.47 bits per heavy atom. The van der Waals surface area contributed by atoms with Gasteiger partial charge in [-0.1, -0.05) is 19.9 Å². The Balaban J connectivity index is 4.52. The van der Waals surface area contributed by atoms with E-state index in [-0.39, 0.29) is 5.97 Å². The molecule has 3 heteroatoms. The standard InChI is InChI=1S/C12H24NO2/c1-7-9-10-13(5,6)12(3,4)15-11(14)8-2/h8H,2,7,9-10H2,1,3-6H3/q+1. The van der Waals surface area contributed by atoms with Gasteiger partial charge in [-0.15, -0.1) is 0 Å². The summed E-state index contributed by atoms with van der Waals surface area (Å²) < 4.78 is 6.03. The van der Waals surface area contributed by atoms with E-state index >= 15 is 0 Å². The van der Waals surface area contributed by atoms with Crippen molar-refractivity contribution in [2.45, 2.75) is 39.3 Å². The maximum absolute atomic E-state index is 11.2. The number of hydrogen-bond donors (Lipinski definition) is 0. The van der Waals surface area contributed by atoms with Gasteiger partial charge in [0.15, 0.2) is 0 Å². The molecule has 0 bridgehead atoms. The van der Waals surface area contributed by atoms with E-state index in [1.807, 2.05) is 13.8 Å². The highest BCUT2D eigenvalue weighted by atomic mass is 16.6. The fourth-order valence-electron chi connectivity index (χ4n) is 1.23. The van der Waals surface area contributed by atoms with Gasteiger partial charge in [-0.2, -0.15) is 0 Å². The van der Waals surface area contributed by atoms with Crippen LogP contribution >= 0.6 is 0 Å². The monoisotopic (exact) mass is 214 g/mol. The topological polar surface area (TPSA) is 26.3 Å². The molecule has 0 aromatic heterocycles. The van der Waals surface area contributed by atoms with E-state index in [9.17, 15) is 4.79 Å². The van der Waals surface area contributed by atoms with Crippen LogP contribution in [-0.2, 0) is 9.53 Å². The summed E-state index contributed by atoms with van der Waals surface area (Å²) >= 11 is 0. The predicted octanol–water partition coefficient (Wildman–Crippen LogP) is 2.33. The van der Waals surface area contributed by atoms with Gasteiger partial charge in [0.05, 0.1) is 20.6 Å². The van der Waals surface area contributed by atoms with Crippen molar-refractivity contribution in [2.24, 2.45) is 0 Å². The van der Waals surface area contributed by atoms with Gasteiger partial charge in [-0.05, 0) is 6.42 Å². The zero-order valence-electron chi connectivity index (χ0n) is 10.7. The van der Waals surface area contributed by atoms with Crippen LogP contribution in [0.1, 0.15) is 33.6 Å². The molecule has 0 aromatic carbocycles. The van der Waals surface area contributed by atoms with E-state index < -0.39 is 5.72 Å². The lowest BCUT2D eigenvalue weighted by molar-refractivity contribution is -0.960. The number of quaternary nitrogens is 1. The first-order valence-corrected chi connectivity index (χ1v) is 5.45. The van der Waals surface area contributed by atoms with Crippen LogP contribution in [0.5, 0.6) is 0 Å². The minimum Gasteiger partial charge on any atom is -0.407 e. The van der Waals surface area contributed by atoms with Gasteiger partial charge in [0.2, 0.25) is 5.72 Å². The molecule has 0 N–H and O–H groups in total. The van der Waals surface area contributed by atoms with E-state index in [0.29, 0.717) is 4.48 Å². The SMILES string of the molecule is C=CC(=O)OC(C)(C)[N+](C)(C)CCCC. The van der Waals surface area contributed by atoms with Gasteiger partial charge >= 0.3 is 5.97 Å². The van der Waals surface area contributed by atoms with Crippen LogP contribution in [0.3, 0.4) is 0 Å². The predicted molar refractivity (Wildman–Crippen MR) is 62.3 cm³/mol. The van der Waals surface area contributed by atoms with Crippen molar-refractivity contribution in [2.75, 3.05) is 20.6 Å². The molecule has 0 aliphatic heterocycles. The fourth-order valence-corrected chi connectivity index (χ4v) is 1.23. The molecule has 0 aromatic rings. The highest BCUT2D eigenvalue weighted by Crippen LogP contribution is 2.22. The number of nitrogens with zero attached hydrogens (tertiary/aromatic N) is 1. The van der Waals surface area contributed by atoms with Crippen molar-refractivity contribution in [3.05, 3.63) is 12.7 Å². The number of ether oxygens (including phenoxy) is 1. The van der Waals surface area contributed by atoms with Crippen molar-refractivity contribution in [3.8, 4) is 0 Å². The van der Waals surface area contributed by atoms with Crippen molar-refractivity contribution in [1.29, 1.82) is 0 Å². The van der Waals surface area contributed by atoms with Crippen molar-refractivity contribution < 1.29 is 14.0 Å². The van der Waals surface area contributed by atoms with Crippen LogP contribution in [0.2, 0.25) is 0 Å². The average Bonchev–Trinajstić information content (AvgIpc) is 2.13. The lowest BCUT2D eigenvalue weighted by Gasteiger charge is -2.43. The molecule has 0 saturated carbocycles. The van der Waals surface area contributed by atoms with Gasteiger partial charge < -0.3 is 4.74 Å². The molecule has 0 atom stereocenters. The van der Waals surface area contributed by atoms with Gasteiger partial charge in [-0.25, -0.2) is 4.79 Å². The molecule has 3 nitrogen and oxygen atoms in total. The maximum atomic E-state index is 11.2. The number of carbonyl (C=O) groups is 1. The Labute approximate surface area is 93.3 Å². The zero-order valence-corrected chi connectivity index (χ0v) is 10.7. The Kier molecular flexibility index (Phi) is 5.01. The van der Waals surface area contributed by atoms with Gasteiger partial charge in [0, 0.05) is 19.9 Å². The van der Waals surface area contributed by atoms with E-state index in [1.54, 1.807) is 0 Å². The third-order valence-electron chi connectivity index (χ3n) is 3.05. The largest absolute Gasteiger partial charge is 0.407 e. The third kappa shape index (κ3) is 4.04. The normalized spacial score (nSPS) is 12.3. The van der Waals surface area contributed by atoms with Crippen molar-refractivity contribution in [3.63, 3.8) is 0 Å². The molecule has 0 heterocycles. The summed E-state index contributed by atoms with van der Waals surface area (Å²) in [6.07, 6.45) is 3.48. The summed E-state index contributed by atoms with van der Waals surface area (Å²) in [6, 6.07) is 0. The van der Waals surface area contributed by atoms with Crippen LogP contribution in [0.15, 0.2) is 12.7 Å². The molecule has 0 rings (SSSR count). The van der Waals surface area contributed by atoms with E-state index in [1.165, 1.54) is 6.08 Å². The number of carbonyl (C=O) groups excluding carboxylic acids is 1. The smallest absolute Gasteiger partial charge is 0.334 e. The van der Waals surface area contributed by atoms with Crippen LogP contribution in [0.25, 0.3) is 0 Å². The van der Waals surface area contributed by atoms with Crippen molar-refractivity contribution in [1.82, 2.24) is 0 Å². The minimum absolute atomic E-state index is 0.359. The van der Waals surface area contributed by atoms with Gasteiger partial charge in [-0.3, -0.25) is 4.48 Å². The Morgan fingerprint density at radius 3 is 2.40 bits per heavy atom. The number of hydrogen-bond acceptors (Lipinski definition) is 2. The Morgan fingerprint density at radius 2 is 2.00 bits per heavy atom. The van der Waals surface area contributed by atoms with Crippen LogP contribution in [0.4, 0.5) is 0 Å². The summed E-state index contributed by atoms with van der Waals surface area (Å²) in [6.45, 7) is 10.4. The molecular weight excluding hydrogens is 190 g/mol. The minimum atomic E-state index is -0.513. The number of unbranched alkanes of at least 4 members (excludes halogenated alkanes) is 1. The molecule has 0 spiro atoms. The number of esters is 1. The summed E-state index contributed by atoms with van der Waals surface area (Å²) in [5.41, 5.74) is -0.513. The van der Waals surface area contributed by atoms with Crippen LogP contribution in [0, 0.1) is 0 Å². The summed E-state index contributed by atoms with van der Waals surface area (Å²) in [5.74, 6) is -0.359. The molecule has 0 aliphatic rings. The second-order valence-electron chi connectivity index (χ2n) is 4.83. The molecule has 0 aliphatic carbocycles. The van der Waals surface area contributed by atoms with Crippen molar-refractivity contribution >= 4 is 5.97 Å².